The Morgan fingerprint density at radius 2 is 2.33 bits per heavy atom. The molecular formula is C12H17FN2O2S. The summed E-state index contributed by atoms with van der Waals surface area (Å²) in [5.74, 6) is -1.00. The second-order valence-electron chi connectivity index (χ2n) is 4.04. The predicted molar refractivity (Wildman–Crippen MR) is 72.0 cm³/mol. The number of carboxylic acids is 1. The minimum atomic E-state index is -1.28. The lowest BCUT2D eigenvalue weighted by molar-refractivity contribution is 0.0691. The van der Waals surface area contributed by atoms with Gasteiger partial charge in [0.1, 0.15) is 5.56 Å². The normalized spacial score (nSPS) is 12.2. The predicted octanol–water partition coefficient (Wildman–Crippen LogP) is 2.50. The number of thioether (sulfide) groups is 1. The lowest BCUT2D eigenvalue weighted by Gasteiger charge is -2.26. The number of hydrogen-bond donors (Lipinski definition) is 1. The van der Waals surface area contributed by atoms with E-state index in [9.17, 15) is 9.18 Å². The Kier molecular flexibility index (Phi) is 5.40. The fourth-order valence-corrected chi connectivity index (χ4v) is 2.11. The fourth-order valence-electron chi connectivity index (χ4n) is 1.53. The van der Waals surface area contributed by atoms with Crippen LogP contribution in [0.3, 0.4) is 0 Å². The highest BCUT2D eigenvalue weighted by atomic mass is 32.2. The van der Waals surface area contributed by atoms with Gasteiger partial charge in [-0.1, -0.05) is 0 Å². The molecule has 0 amide bonds. The Morgan fingerprint density at radius 3 is 2.89 bits per heavy atom. The van der Waals surface area contributed by atoms with Gasteiger partial charge in [0.05, 0.1) is 0 Å². The molecule has 4 nitrogen and oxygen atoms in total. The molecule has 0 aliphatic heterocycles. The highest BCUT2D eigenvalue weighted by Gasteiger charge is 2.20. The van der Waals surface area contributed by atoms with Crippen molar-refractivity contribution in [2.45, 2.75) is 19.4 Å². The van der Waals surface area contributed by atoms with Crippen LogP contribution in [0.4, 0.5) is 10.2 Å². The van der Waals surface area contributed by atoms with Crippen molar-refractivity contribution in [2.75, 3.05) is 24.0 Å². The largest absolute Gasteiger partial charge is 0.478 e. The van der Waals surface area contributed by atoms with E-state index in [0.29, 0.717) is 0 Å². The van der Waals surface area contributed by atoms with Crippen molar-refractivity contribution >= 4 is 23.5 Å². The zero-order valence-corrected chi connectivity index (χ0v) is 11.5. The molecule has 1 aromatic rings. The molecule has 0 spiro atoms. The van der Waals surface area contributed by atoms with Gasteiger partial charge in [-0.05, 0) is 31.4 Å². The van der Waals surface area contributed by atoms with Crippen LogP contribution in [0.2, 0.25) is 0 Å². The number of nitrogens with zero attached hydrogens (tertiary/aromatic N) is 2. The van der Waals surface area contributed by atoms with Crippen LogP contribution >= 0.6 is 11.8 Å². The highest BCUT2D eigenvalue weighted by Crippen LogP contribution is 2.21. The van der Waals surface area contributed by atoms with Gasteiger partial charge in [0.15, 0.2) is 11.6 Å². The van der Waals surface area contributed by atoms with Gasteiger partial charge >= 0.3 is 5.97 Å². The second-order valence-corrected chi connectivity index (χ2v) is 5.03. The SMILES string of the molecule is CSCCC(C)N(C)c1nccc(C(=O)O)c1F. The molecule has 1 atom stereocenters. The Morgan fingerprint density at radius 1 is 1.67 bits per heavy atom. The number of carbonyl (C=O) groups is 1. The summed E-state index contributed by atoms with van der Waals surface area (Å²) < 4.78 is 14.0. The summed E-state index contributed by atoms with van der Waals surface area (Å²) in [4.78, 5) is 16.5. The molecule has 1 aromatic heterocycles. The van der Waals surface area contributed by atoms with Gasteiger partial charge in [0.2, 0.25) is 0 Å². The molecule has 0 aliphatic carbocycles. The average Bonchev–Trinajstić information content (AvgIpc) is 2.35. The topological polar surface area (TPSA) is 53.4 Å². The van der Waals surface area contributed by atoms with Crippen molar-refractivity contribution in [3.63, 3.8) is 0 Å². The van der Waals surface area contributed by atoms with Crippen molar-refractivity contribution in [1.29, 1.82) is 0 Å². The summed E-state index contributed by atoms with van der Waals surface area (Å²) >= 11 is 1.72. The third kappa shape index (κ3) is 3.35. The molecule has 18 heavy (non-hydrogen) atoms. The van der Waals surface area contributed by atoms with Gasteiger partial charge in [-0.25, -0.2) is 14.2 Å². The summed E-state index contributed by atoms with van der Waals surface area (Å²) in [6.07, 6.45) is 4.21. The Bertz CT molecular complexity index is 429. The lowest BCUT2D eigenvalue weighted by atomic mass is 10.2. The van der Waals surface area contributed by atoms with Gasteiger partial charge in [0, 0.05) is 19.3 Å². The van der Waals surface area contributed by atoms with Crippen LogP contribution in [-0.2, 0) is 0 Å². The highest BCUT2D eigenvalue weighted by molar-refractivity contribution is 7.98. The van der Waals surface area contributed by atoms with E-state index >= 15 is 0 Å². The van der Waals surface area contributed by atoms with E-state index < -0.39 is 11.8 Å². The molecule has 0 saturated carbocycles. The van der Waals surface area contributed by atoms with Crippen LogP contribution < -0.4 is 4.90 Å². The summed E-state index contributed by atoms with van der Waals surface area (Å²) in [5.41, 5.74) is -0.344. The van der Waals surface area contributed by atoms with E-state index in [1.165, 1.54) is 12.3 Å². The molecule has 0 bridgehead atoms. The molecule has 100 valence electrons. The van der Waals surface area contributed by atoms with E-state index in [2.05, 4.69) is 4.98 Å². The molecule has 6 heteroatoms. The maximum atomic E-state index is 14.0. The lowest BCUT2D eigenvalue weighted by Crippen LogP contribution is -2.31. The molecule has 0 fully saturated rings. The molecule has 1 unspecified atom stereocenters. The van der Waals surface area contributed by atoms with Gasteiger partial charge in [-0.3, -0.25) is 0 Å². The van der Waals surface area contributed by atoms with Crippen molar-refractivity contribution in [1.82, 2.24) is 4.98 Å². The van der Waals surface area contributed by atoms with E-state index in [-0.39, 0.29) is 17.4 Å². The number of hydrogen-bond acceptors (Lipinski definition) is 4. The Balaban J connectivity index is 2.95. The van der Waals surface area contributed by atoms with Crippen LogP contribution in [0.5, 0.6) is 0 Å². The van der Waals surface area contributed by atoms with E-state index in [0.717, 1.165) is 12.2 Å². The molecule has 1 N–H and O–H groups in total. The third-order valence-electron chi connectivity index (χ3n) is 2.84. The number of aromatic nitrogens is 1. The maximum Gasteiger partial charge on any atom is 0.338 e. The van der Waals surface area contributed by atoms with Crippen LogP contribution in [-0.4, -0.2) is 41.2 Å². The Labute approximate surface area is 110 Å². The minimum Gasteiger partial charge on any atom is -0.478 e. The van der Waals surface area contributed by atoms with Crippen LogP contribution in [0.25, 0.3) is 0 Å². The van der Waals surface area contributed by atoms with Gasteiger partial charge in [-0.15, -0.1) is 0 Å². The monoisotopic (exact) mass is 272 g/mol. The number of pyridine rings is 1. The van der Waals surface area contributed by atoms with Crippen LogP contribution in [0.1, 0.15) is 23.7 Å². The van der Waals surface area contributed by atoms with Gasteiger partial charge in [0.25, 0.3) is 0 Å². The first kappa shape index (κ1) is 14.8. The number of anilines is 1. The molecule has 0 aromatic carbocycles. The number of aromatic carboxylic acids is 1. The standard InChI is InChI=1S/C12H17FN2O2S/c1-8(5-7-18-3)15(2)11-10(13)9(12(16)17)4-6-14-11/h4,6,8H,5,7H2,1-3H3,(H,16,17). The van der Waals surface area contributed by atoms with Crippen molar-refractivity contribution in [3.8, 4) is 0 Å². The number of rotatable bonds is 6. The molecule has 1 heterocycles. The fraction of sp³-hybridized carbons (Fsp3) is 0.500. The number of halogens is 1. The molecule has 0 radical (unpaired) electrons. The van der Waals surface area contributed by atoms with Crippen molar-refractivity contribution < 1.29 is 14.3 Å². The average molecular weight is 272 g/mol. The summed E-state index contributed by atoms with van der Waals surface area (Å²) in [6.45, 7) is 1.96. The quantitative estimate of drug-likeness (QED) is 0.862. The van der Waals surface area contributed by atoms with Crippen LogP contribution in [0.15, 0.2) is 12.3 Å². The van der Waals surface area contributed by atoms with Gasteiger partial charge < -0.3 is 10.0 Å². The zero-order chi connectivity index (χ0) is 13.7. The minimum absolute atomic E-state index is 0.0866. The molecule has 0 aliphatic rings. The van der Waals surface area contributed by atoms with Crippen LogP contribution in [0, 0.1) is 5.82 Å². The summed E-state index contributed by atoms with van der Waals surface area (Å²) in [7, 11) is 1.72. The summed E-state index contributed by atoms with van der Waals surface area (Å²) in [5, 5.41) is 8.86. The van der Waals surface area contributed by atoms with Crippen molar-refractivity contribution in [3.05, 3.63) is 23.6 Å². The van der Waals surface area contributed by atoms with E-state index in [1.54, 1.807) is 23.7 Å². The van der Waals surface area contributed by atoms with E-state index in [4.69, 9.17) is 5.11 Å². The van der Waals surface area contributed by atoms with Gasteiger partial charge in [-0.2, -0.15) is 11.8 Å². The third-order valence-corrected chi connectivity index (χ3v) is 3.48. The first-order valence-electron chi connectivity index (χ1n) is 5.58. The van der Waals surface area contributed by atoms with E-state index in [1.807, 2.05) is 13.2 Å². The Hall–Kier alpha value is -1.30. The maximum absolute atomic E-state index is 14.0. The first-order chi connectivity index (χ1) is 8.49. The molecule has 1 rings (SSSR count). The smallest absolute Gasteiger partial charge is 0.338 e. The first-order valence-corrected chi connectivity index (χ1v) is 6.98. The molecular weight excluding hydrogens is 255 g/mol. The molecule has 0 saturated heterocycles. The number of carboxylic acid groups (broad SMARTS) is 1. The summed E-state index contributed by atoms with van der Waals surface area (Å²) in [6, 6.07) is 1.27. The van der Waals surface area contributed by atoms with Crippen molar-refractivity contribution in [2.24, 2.45) is 0 Å². The zero-order valence-electron chi connectivity index (χ0n) is 10.7. The second kappa shape index (κ2) is 6.58.